The van der Waals surface area contributed by atoms with Gasteiger partial charge in [-0.25, -0.2) is 0 Å². The lowest BCUT2D eigenvalue weighted by Gasteiger charge is -2.04. The number of aromatic hydroxyl groups is 1. The molecule has 6 nitrogen and oxygen atoms in total. The van der Waals surface area contributed by atoms with Crippen LogP contribution in [0.2, 0.25) is 0 Å². The Morgan fingerprint density at radius 3 is 2.67 bits per heavy atom. The van der Waals surface area contributed by atoms with Gasteiger partial charge in [-0.05, 0) is 0 Å². The molecule has 0 radical (unpaired) electrons. The number of carbonyl (C=O) groups is 1. The number of nitrogens with two attached hydrogens (primary N) is 1. The van der Waals surface area contributed by atoms with Crippen molar-refractivity contribution < 1.29 is 14.8 Å². The van der Waals surface area contributed by atoms with Gasteiger partial charge in [-0.15, -0.1) is 0 Å². The molecule has 0 heterocycles. The molecule has 0 fully saturated rings. The average Bonchev–Trinajstić information content (AvgIpc) is 2.15. The maximum Gasteiger partial charge on any atom is 0.286 e. The minimum atomic E-state index is -0.758. The van der Waals surface area contributed by atoms with E-state index in [2.05, 4.69) is 15.9 Å². The molecule has 15 heavy (non-hydrogen) atoms. The zero-order valence-electron chi connectivity index (χ0n) is 7.44. The van der Waals surface area contributed by atoms with Gasteiger partial charge in [0.2, 0.25) is 0 Å². The third kappa shape index (κ3) is 2.24. The monoisotopic (exact) mass is 274 g/mol. The van der Waals surface area contributed by atoms with E-state index in [0.717, 1.165) is 12.1 Å². The molecular formula is C8H7BrN2O4. The van der Waals surface area contributed by atoms with Gasteiger partial charge in [0.25, 0.3) is 5.69 Å². The summed E-state index contributed by atoms with van der Waals surface area (Å²) in [6.07, 6.45) is 0. The highest BCUT2D eigenvalue weighted by molar-refractivity contribution is 9.09. The number of nitrogens with zero attached hydrogens (tertiary/aromatic N) is 1. The summed E-state index contributed by atoms with van der Waals surface area (Å²) >= 11 is 2.90. The number of nitro groups is 1. The lowest BCUT2D eigenvalue weighted by Crippen LogP contribution is -2.08. The number of phenols is 1. The molecule has 0 saturated heterocycles. The van der Waals surface area contributed by atoms with E-state index in [0.29, 0.717) is 0 Å². The Balaban J connectivity index is 3.46. The maximum absolute atomic E-state index is 11.4. The smallest absolute Gasteiger partial charge is 0.286 e. The van der Waals surface area contributed by atoms with E-state index < -0.39 is 16.4 Å². The number of alkyl halides is 1. The SMILES string of the molecule is Nc1cc(O)cc([N+](=O)[O-])c1C(=O)CBr. The summed E-state index contributed by atoms with van der Waals surface area (Å²) in [5.41, 5.74) is 4.65. The van der Waals surface area contributed by atoms with Crippen molar-refractivity contribution in [1.82, 2.24) is 0 Å². The van der Waals surface area contributed by atoms with Crippen molar-refractivity contribution in [1.29, 1.82) is 0 Å². The predicted molar refractivity (Wildman–Crippen MR) is 57.3 cm³/mol. The lowest BCUT2D eigenvalue weighted by molar-refractivity contribution is -0.385. The third-order valence-electron chi connectivity index (χ3n) is 1.73. The van der Waals surface area contributed by atoms with Crippen molar-refractivity contribution in [2.24, 2.45) is 0 Å². The fourth-order valence-corrected chi connectivity index (χ4v) is 1.43. The van der Waals surface area contributed by atoms with Crippen molar-refractivity contribution in [3.63, 3.8) is 0 Å². The van der Waals surface area contributed by atoms with Crippen molar-refractivity contribution in [3.05, 3.63) is 27.8 Å². The number of phenolic OH excluding ortho intramolecular Hbond substituents is 1. The topological polar surface area (TPSA) is 106 Å². The second-order valence-electron chi connectivity index (χ2n) is 2.74. The van der Waals surface area contributed by atoms with Crippen LogP contribution in [-0.4, -0.2) is 21.1 Å². The van der Waals surface area contributed by atoms with Crippen molar-refractivity contribution >= 4 is 33.1 Å². The Hall–Kier alpha value is -1.63. The van der Waals surface area contributed by atoms with Crippen molar-refractivity contribution in [2.45, 2.75) is 0 Å². The van der Waals surface area contributed by atoms with Crippen LogP contribution in [0.15, 0.2) is 12.1 Å². The molecule has 0 aromatic heterocycles. The minimum absolute atomic E-state index is 0.0667. The van der Waals surface area contributed by atoms with E-state index in [1.165, 1.54) is 0 Å². The highest BCUT2D eigenvalue weighted by Gasteiger charge is 2.23. The number of carbonyl (C=O) groups excluding carboxylic acids is 1. The van der Waals surface area contributed by atoms with Gasteiger partial charge in [0.1, 0.15) is 11.3 Å². The number of nitro benzene ring substituents is 1. The first-order valence-electron chi connectivity index (χ1n) is 3.83. The number of halogens is 1. The van der Waals surface area contributed by atoms with Crippen LogP contribution in [0, 0.1) is 10.1 Å². The molecule has 0 spiro atoms. The first-order valence-corrected chi connectivity index (χ1v) is 4.95. The number of anilines is 1. The summed E-state index contributed by atoms with van der Waals surface area (Å²) in [7, 11) is 0. The molecule has 7 heteroatoms. The van der Waals surface area contributed by atoms with E-state index in [-0.39, 0.29) is 22.3 Å². The second kappa shape index (κ2) is 4.26. The van der Waals surface area contributed by atoms with Gasteiger partial charge in [-0.1, -0.05) is 15.9 Å². The van der Waals surface area contributed by atoms with Crippen LogP contribution >= 0.6 is 15.9 Å². The summed E-state index contributed by atoms with van der Waals surface area (Å²) in [5.74, 6) is -0.843. The molecule has 1 aromatic carbocycles. The molecule has 3 N–H and O–H groups in total. The Bertz CT molecular complexity index is 433. The molecule has 0 aliphatic heterocycles. The quantitative estimate of drug-likeness (QED) is 0.285. The van der Waals surface area contributed by atoms with Gasteiger partial charge in [-0.2, -0.15) is 0 Å². The fourth-order valence-electron chi connectivity index (χ4n) is 1.15. The van der Waals surface area contributed by atoms with Crippen LogP contribution in [0.4, 0.5) is 11.4 Å². The van der Waals surface area contributed by atoms with Crippen LogP contribution < -0.4 is 5.73 Å². The standard InChI is InChI=1S/C8H7BrN2O4/c9-3-7(13)8-5(10)1-4(12)2-6(8)11(14)15/h1-2,12H,3,10H2. The van der Waals surface area contributed by atoms with Gasteiger partial charge in [0.05, 0.1) is 22.0 Å². The van der Waals surface area contributed by atoms with Gasteiger partial charge in [0.15, 0.2) is 5.78 Å². The summed E-state index contributed by atoms with van der Waals surface area (Å²) in [5, 5.41) is 19.7. The zero-order valence-corrected chi connectivity index (χ0v) is 9.02. The Morgan fingerprint density at radius 1 is 1.60 bits per heavy atom. The van der Waals surface area contributed by atoms with Gasteiger partial charge >= 0.3 is 0 Å². The number of nitrogen functional groups attached to an aromatic ring is 1. The molecule has 0 aliphatic carbocycles. The van der Waals surface area contributed by atoms with Gasteiger partial charge < -0.3 is 10.8 Å². The van der Waals surface area contributed by atoms with E-state index in [1.807, 2.05) is 0 Å². The number of hydrogen-bond acceptors (Lipinski definition) is 5. The predicted octanol–water partition coefficient (Wildman–Crippen LogP) is 1.46. The summed E-state index contributed by atoms with van der Waals surface area (Å²) < 4.78 is 0. The highest BCUT2D eigenvalue weighted by atomic mass is 79.9. The number of rotatable bonds is 3. The summed E-state index contributed by atoms with van der Waals surface area (Å²) in [4.78, 5) is 21.2. The molecule has 1 rings (SSSR count). The zero-order chi connectivity index (χ0) is 11.6. The molecule has 0 unspecified atom stereocenters. The van der Waals surface area contributed by atoms with Gasteiger partial charge in [-0.3, -0.25) is 14.9 Å². The minimum Gasteiger partial charge on any atom is -0.508 e. The lowest BCUT2D eigenvalue weighted by atomic mass is 10.1. The maximum atomic E-state index is 11.4. The number of benzene rings is 1. The van der Waals surface area contributed by atoms with E-state index in [1.54, 1.807) is 0 Å². The fraction of sp³-hybridized carbons (Fsp3) is 0.125. The second-order valence-corrected chi connectivity index (χ2v) is 3.30. The Kier molecular flexibility index (Phi) is 3.25. The highest BCUT2D eigenvalue weighted by Crippen LogP contribution is 2.30. The van der Waals surface area contributed by atoms with Crippen LogP contribution in [0.3, 0.4) is 0 Å². The normalized spacial score (nSPS) is 9.93. The molecule has 0 aliphatic rings. The van der Waals surface area contributed by atoms with E-state index in [9.17, 15) is 14.9 Å². The Labute approximate surface area is 93.0 Å². The van der Waals surface area contributed by atoms with Crippen LogP contribution in [-0.2, 0) is 0 Å². The van der Waals surface area contributed by atoms with Crippen LogP contribution in [0.25, 0.3) is 0 Å². The molecule has 0 amide bonds. The Morgan fingerprint density at radius 2 is 2.20 bits per heavy atom. The average molecular weight is 275 g/mol. The van der Waals surface area contributed by atoms with E-state index in [4.69, 9.17) is 10.8 Å². The largest absolute Gasteiger partial charge is 0.508 e. The molecular weight excluding hydrogens is 268 g/mol. The van der Waals surface area contributed by atoms with E-state index >= 15 is 0 Å². The molecule has 1 aromatic rings. The first kappa shape index (κ1) is 11.4. The molecule has 0 saturated carbocycles. The summed E-state index contributed by atoms with van der Waals surface area (Å²) in [6.45, 7) is 0. The molecule has 80 valence electrons. The third-order valence-corrected chi connectivity index (χ3v) is 2.24. The number of ketones is 1. The van der Waals surface area contributed by atoms with Crippen LogP contribution in [0.1, 0.15) is 10.4 Å². The summed E-state index contributed by atoms with van der Waals surface area (Å²) in [6, 6.07) is 2.00. The molecule has 0 atom stereocenters. The number of hydrogen-bond donors (Lipinski definition) is 2. The van der Waals surface area contributed by atoms with Gasteiger partial charge in [0, 0.05) is 6.07 Å². The molecule has 0 bridgehead atoms. The van der Waals surface area contributed by atoms with Crippen LogP contribution in [0.5, 0.6) is 5.75 Å². The number of Topliss-reactive ketones (excluding diaryl/α,β-unsaturated/α-hetero) is 1. The van der Waals surface area contributed by atoms with Crippen molar-refractivity contribution in [3.8, 4) is 5.75 Å². The first-order chi connectivity index (χ1) is 6.97. The van der Waals surface area contributed by atoms with Crippen molar-refractivity contribution in [2.75, 3.05) is 11.1 Å².